The van der Waals surface area contributed by atoms with Gasteiger partial charge in [-0.25, -0.2) is 4.39 Å². The summed E-state index contributed by atoms with van der Waals surface area (Å²) in [6, 6.07) is 4.94. The molecule has 0 atom stereocenters. The lowest BCUT2D eigenvalue weighted by atomic mass is 10.0. The molecule has 0 aliphatic carbocycles. The zero-order valence-corrected chi connectivity index (χ0v) is 10.0. The summed E-state index contributed by atoms with van der Waals surface area (Å²) in [6.45, 7) is 1.43. The molecule has 1 aliphatic heterocycles. The molecule has 0 saturated carbocycles. The van der Waals surface area contributed by atoms with Crippen LogP contribution in [0, 0.1) is 5.82 Å². The number of anilines is 1. The van der Waals surface area contributed by atoms with E-state index in [4.69, 9.17) is 4.74 Å². The van der Waals surface area contributed by atoms with Gasteiger partial charge in [-0.1, -0.05) is 6.07 Å². The third-order valence-corrected chi connectivity index (χ3v) is 3.37. The molecule has 94 valence electrons. The first-order chi connectivity index (χ1) is 8.26. The maximum Gasteiger partial charge on any atom is 0.130 e. The summed E-state index contributed by atoms with van der Waals surface area (Å²) in [5.74, 6) is -0.334. The van der Waals surface area contributed by atoms with Gasteiger partial charge in [0.05, 0.1) is 12.7 Å². The highest BCUT2D eigenvalue weighted by molar-refractivity contribution is 5.54. The smallest absolute Gasteiger partial charge is 0.130 e. The Morgan fingerprint density at radius 1 is 1.41 bits per heavy atom. The molecule has 1 saturated heterocycles. The summed E-state index contributed by atoms with van der Waals surface area (Å²) >= 11 is 0. The molecule has 1 aliphatic rings. The molecular weight excluding hydrogens is 221 g/mol. The Hall–Kier alpha value is -1.13. The number of hydrogen-bond acceptors (Lipinski definition) is 3. The van der Waals surface area contributed by atoms with Crippen LogP contribution in [0.5, 0.6) is 0 Å². The molecule has 4 heteroatoms. The summed E-state index contributed by atoms with van der Waals surface area (Å²) in [5.41, 5.74) is 1.20. The van der Waals surface area contributed by atoms with Crippen molar-refractivity contribution in [2.75, 3.05) is 25.1 Å². The number of methoxy groups -OCH3 is 1. The highest BCUT2D eigenvalue weighted by Crippen LogP contribution is 2.26. The number of benzene rings is 1. The molecule has 1 N–H and O–H groups in total. The number of hydrogen-bond donors (Lipinski definition) is 1. The van der Waals surface area contributed by atoms with Crippen molar-refractivity contribution >= 4 is 5.69 Å². The quantitative estimate of drug-likeness (QED) is 0.875. The van der Waals surface area contributed by atoms with E-state index in [9.17, 15) is 9.50 Å². The molecule has 3 nitrogen and oxygen atoms in total. The van der Waals surface area contributed by atoms with E-state index in [0.29, 0.717) is 11.7 Å². The van der Waals surface area contributed by atoms with Gasteiger partial charge in [-0.15, -0.1) is 0 Å². The van der Waals surface area contributed by atoms with E-state index in [0.717, 1.165) is 31.6 Å². The van der Waals surface area contributed by atoms with Crippen molar-refractivity contribution in [1.29, 1.82) is 0 Å². The van der Waals surface area contributed by atoms with Gasteiger partial charge in [-0.3, -0.25) is 0 Å². The highest BCUT2D eigenvalue weighted by Gasteiger charge is 2.21. The Morgan fingerprint density at radius 2 is 2.12 bits per heavy atom. The van der Waals surface area contributed by atoms with E-state index < -0.39 is 0 Å². The average molecular weight is 239 g/mol. The van der Waals surface area contributed by atoms with Crippen LogP contribution < -0.4 is 4.90 Å². The predicted molar refractivity (Wildman–Crippen MR) is 64.6 cm³/mol. The third-order valence-electron chi connectivity index (χ3n) is 3.37. The lowest BCUT2D eigenvalue weighted by molar-refractivity contribution is 0.0818. The third kappa shape index (κ3) is 2.58. The average Bonchev–Trinajstić information content (AvgIpc) is 2.38. The van der Waals surface area contributed by atoms with E-state index in [1.807, 2.05) is 6.07 Å². The molecule has 17 heavy (non-hydrogen) atoms. The maximum atomic E-state index is 13.5. The Balaban J connectivity index is 2.15. The number of nitrogens with zero attached hydrogens (tertiary/aromatic N) is 1. The van der Waals surface area contributed by atoms with Crippen molar-refractivity contribution in [3.05, 3.63) is 29.6 Å². The molecule has 0 bridgehead atoms. The molecular formula is C13H18FNO2. The summed E-state index contributed by atoms with van der Waals surface area (Å²) in [5, 5.41) is 9.24. The normalized spacial score (nSPS) is 17.5. The number of piperidine rings is 1. The van der Waals surface area contributed by atoms with Crippen LogP contribution in [0.15, 0.2) is 18.2 Å². The SMILES string of the molecule is COC1CCN(c2cccc(F)c2CO)CC1. The lowest BCUT2D eigenvalue weighted by Gasteiger charge is -2.34. The largest absolute Gasteiger partial charge is 0.391 e. The van der Waals surface area contributed by atoms with Crippen molar-refractivity contribution in [3.8, 4) is 0 Å². The molecule has 0 radical (unpaired) electrons. The second-order valence-corrected chi connectivity index (χ2v) is 4.32. The van der Waals surface area contributed by atoms with E-state index in [-0.39, 0.29) is 12.4 Å². The summed E-state index contributed by atoms with van der Waals surface area (Å²) in [7, 11) is 1.72. The van der Waals surface area contributed by atoms with Crippen LogP contribution >= 0.6 is 0 Å². The Kier molecular flexibility index (Phi) is 3.97. The first-order valence-electron chi connectivity index (χ1n) is 5.92. The van der Waals surface area contributed by atoms with E-state index in [1.165, 1.54) is 6.07 Å². The van der Waals surface area contributed by atoms with Crippen LogP contribution in [0.1, 0.15) is 18.4 Å². The zero-order chi connectivity index (χ0) is 12.3. The lowest BCUT2D eigenvalue weighted by Crippen LogP contribution is -2.37. The van der Waals surface area contributed by atoms with Gasteiger partial charge in [0.2, 0.25) is 0 Å². The van der Waals surface area contributed by atoms with Gasteiger partial charge in [0.15, 0.2) is 0 Å². The highest BCUT2D eigenvalue weighted by atomic mass is 19.1. The van der Waals surface area contributed by atoms with Gasteiger partial charge in [-0.05, 0) is 25.0 Å². The predicted octanol–water partition coefficient (Wildman–Crippen LogP) is 1.93. The number of ether oxygens (including phenoxy) is 1. The molecule has 0 aromatic heterocycles. The summed E-state index contributed by atoms with van der Waals surface area (Å²) < 4.78 is 18.8. The molecule has 1 fully saturated rings. The van der Waals surface area contributed by atoms with Crippen LogP contribution in [0.4, 0.5) is 10.1 Å². The standard InChI is InChI=1S/C13H18FNO2/c1-17-10-5-7-15(8-6-10)13-4-2-3-12(14)11(13)9-16/h2-4,10,16H,5-9H2,1H3. The number of halogens is 1. The minimum Gasteiger partial charge on any atom is -0.391 e. The molecule has 2 rings (SSSR count). The fourth-order valence-electron chi connectivity index (χ4n) is 2.33. The summed E-state index contributed by atoms with van der Waals surface area (Å²) in [6.07, 6.45) is 2.19. The molecule has 0 amide bonds. The van der Waals surface area contributed by atoms with E-state index in [2.05, 4.69) is 4.90 Å². The maximum absolute atomic E-state index is 13.5. The topological polar surface area (TPSA) is 32.7 Å². The van der Waals surface area contributed by atoms with Gasteiger partial charge in [0.25, 0.3) is 0 Å². The molecule has 0 spiro atoms. The Morgan fingerprint density at radius 3 is 2.71 bits per heavy atom. The number of aliphatic hydroxyl groups is 1. The van der Waals surface area contributed by atoms with Crippen LogP contribution in [-0.4, -0.2) is 31.4 Å². The zero-order valence-electron chi connectivity index (χ0n) is 10.0. The van der Waals surface area contributed by atoms with E-state index >= 15 is 0 Å². The van der Waals surface area contributed by atoms with Gasteiger partial charge in [0, 0.05) is 31.5 Å². The Labute approximate surface area is 101 Å². The van der Waals surface area contributed by atoms with Crippen molar-refractivity contribution in [3.63, 3.8) is 0 Å². The Bertz CT molecular complexity index is 376. The van der Waals surface area contributed by atoms with Gasteiger partial charge in [-0.2, -0.15) is 0 Å². The van der Waals surface area contributed by atoms with Crippen LogP contribution in [0.25, 0.3) is 0 Å². The van der Waals surface area contributed by atoms with E-state index in [1.54, 1.807) is 13.2 Å². The van der Waals surface area contributed by atoms with Crippen LogP contribution in [0.3, 0.4) is 0 Å². The first-order valence-corrected chi connectivity index (χ1v) is 5.92. The monoisotopic (exact) mass is 239 g/mol. The number of aliphatic hydroxyl groups excluding tert-OH is 1. The van der Waals surface area contributed by atoms with Gasteiger partial charge < -0.3 is 14.7 Å². The molecule has 0 unspecified atom stereocenters. The fraction of sp³-hybridized carbons (Fsp3) is 0.538. The van der Waals surface area contributed by atoms with Crippen molar-refractivity contribution in [2.24, 2.45) is 0 Å². The van der Waals surface area contributed by atoms with Crippen LogP contribution in [-0.2, 0) is 11.3 Å². The van der Waals surface area contributed by atoms with Crippen molar-refractivity contribution < 1.29 is 14.2 Å². The molecule has 1 aromatic carbocycles. The number of rotatable bonds is 3. The van der Waals surface area contributed by atoms with Gasteiger partial charge >= 0.3 is 0 Å². The van der Waals surface area contributed by atoms with Gasteiger partial charge in [0.1, 0.15) is 5.82 Å². The fourth-order valence-corrected chi connectivity index (χ4v) is 2.33. The minimum absolute atomic E-state index is 0.258. The summed E-state index contributed by atoms with van der Waals surface area (Å²) in [4.78, 5) is 2.12. The van der Waals surface area contributed by atoms with Crippen LogP contribution in [0.2, 0.25) is 0 Å². The second kappa shape index (κ2) is 5.47. The molecule has 1 aromatic rings. The van der Waals surface area contributed by atoms with Crippen molar-refractivity contribution in [2.45, 2.75) is 25.6 Å². The van der Waals surface area contributed by atoms with Crippen molar-refractivity contribution in [1.82, 2.24) is 0 Å². The molecule has 1 heterocycles. The second-order valence-electron chi connectivity index (χ2n) is 4.32. The first kappa shape index (κ1) is 12.3. The minimum atomic E-state index is -0.334.